The summed E-state index contributed by atoms with van der Waals surface area (Å²) in [4.78, 5) is 24.6. The minimum atomic E-state index is -0.0612. The number of nitrogens with one attached hydrogen (secondary N) is 1. The highest BCUT2D eigenvalue weighted by Crippen LogP contribution is 2.42. The van der Waals surface area contributed by atoms with Crippen LogP contribution in [0.15, 0.2) is 35.0 Å². The smallest absolute Gasteiger partial charge is 0.254 e. The quantitative estimate of drug-likeness (QED) is 0.631. The molecule has 0 radical (unpaired) electrons. The summed E-state index contributed by atoms with van der Waals surface area (Å²) in [6.45, 7) is 6.89. The first-order valence-corrected chi connectivity index (χ1v) is 11.1. The summed E-state index contributed by atoms with van der Waals surface area (Å²) in [5.74, 6) is 2.24. The Morgan fingerprint density at radius 3 is 2.87 bits per heavy atom. The van der Waals surface area contributed by atoms with E-state index >= 15 is 0 Å². The van der Waals surface area contributed by atoms with Gasteiger partial charge in [-0.15, -0.1) is 0 Å². The molecule has 5 rings (SSSR count). The summed E-state index contributed by atoms with van der Waals surface area (Å²) < 4.78 is 7.43. The number of furan rings is 1. The molecule has 1 unspecified atom stereocenters. The van der Waals surface area contributed by atoms with E-state index in [1.54, 1.807) is 17.1 Å². The molecular formula is C23H28N6O2. The highest BCUT2D eigenvalue weighted by Gasteiger charge is 2.34. The molecule has 1 saturated heterocycles. The first-order chi connectivity index (χ1) is 15.1. The number of hydrogen-bond donors (Lipinski definition) is 1. The van der Waals surface area contributed by atoms with E-state index in [1.165, 1.54) is 6.42 Å². The fourth-order valence-electron chi connectivity index (χ4n) is 4.45. The van der Waals surface area contributed by atoms with E-state index < -0.39 is 0 Å². The molecule has 1 N–H and O–H groups in total. The van der Waals surface area contributed by atoms with Crippen LogP contribution in [0.1, 0.15) is 60.3 Å². The summed E-state index contributed by atoms with van der Waals surface area (Å²) in [5, 5.41) is 7.65. The summed E-state index contributed by atoms with van der Waals surface area (Å²) in [6.07, 6.45) is 7.79. The molecule has 4 heterocycles. The predicted octanol–water partition coefficient (Wildman–Crippen LogP) is 3.32. The number of aryl methyl sites for hydroxylation is 1. The van der Waals surface area contributed by atoms with Crippen LogP contribution in [0, 0.1) is 6.92 Å². The van der Waals surface area contributed by atoms with Crippen LogP contribution < -0.4 is 5.32 Å². The number of carbonyl (C=O) groups is 1. The molecule has 1 saturated carbocycles. The number of nitrogens with zero attached hydrogens (tertiary/aromatic N) is 5. The zero-order chi connectivity index (χ0) is 21.4. The SMILES string of the molecule is CCN1CCCC1CNC(=O)c1cnn(-c2nccc(-c3ccc(C)o3)n2)c1C1CC1. The number of carbonyl (C=O) groups excluding carboxylic acids is 1. The van der Waals surface area contributed by atoms with Gasteiger partial charge in [-0.05, 0) is 63.9 Å². The number of likely N-dealkylation sites (tertiary alicyclic amines) is 1. The number of aromatic nitrogens is 4. The number of hydrogen-bond acceptors (Lipinski definition) is 6. The number of likely N-dealkylation sites (N-methyl/N-ethyl adjacent to an activating group) is 1. The Labute approximate surface area is 181 Å². The average molecular weight is 421 g/mol. The van der Waals surface area contributed by atoms with E-state index in [1.807, 2.05) is 25.1 Å². The second kappa shape index (κ2) is 8.26. The third-order valence-electron chi connectivity index (χ3n) is 6.24. The zero-order valence-electron chi connectivity index (χ0n) is 18.0. The van der Waals surface area contributed by atoms with Crippen molar-refractivity contribution in [1.82, 2.24) is 30.0 Å². The van der Waals surface area contributed by atoms with Gasteiger partial charge in [0.2, 0.25) is 0 Å². The van der Waals surface area contributed by atoms with Gasteiger partial charge in [-0.2, -0.15) is 5.10 Å². The van der Waals surface area contributed by atoms with Crippen LogP contribution in [0.25, 0.3) is 17.4 Å². The van der Waals surface area contributed by atoms with Crippen LogP contribution in [0.5, 0.6) is 0 Å². The Morgan fingerprint density at radius 1 is 1.26 bits per heavy atom. The standard InChI is InChI=1S/C23H28N6O2/c1-3-28-12-4-5-17(28)13-25-22(30)18-14-26-29(21(18)16-7-8-16)23-24-11-10-19(27-23)20-9-6-15(2)31-20/h6,9-11,14,16-17H,3-5,7-8,12-13H2,1-2H3,(H,25,30). The zero-order valence-corrected chi connectivity index (χ0v) is 18.0. The van der Waals surface area contributed by atoms with E-state index in [-0.39, 0.29) is 5.91 Å². The fraction of sp³-hybridized carbons (Fsp3) is 0.478. The molecule has 0 aromatic carbocycles. The van der Waals surface area contributed by atoms with Crippen molar-refractivity contribution in [1.29, 1.82) is 0 Å². The number of amides is 1. The van der Waals surface area contributed by atoms with Gasteiger partial charge in [0, 0.05) is 24.7 Å². The normalized spacial score (nSPS) is 19.1. The average Bonchev–Trinajstić information content (AvgIpc) is 3.18. The van der Waals surface area contributed by atoms with Gasteiger partial charge in [-0.25, -0.2) is 14.6 Å². The molecule has 1 aliphatic carbocycles. The lowest BCUT2D eigenvalue weighted by Crippen LogP contribution is -2.40. The molecule has 1 amide bonds. The summed E-state index contributed by atoms with van der Waals surface area (Å²) >= 11 is 0. The van der Waals surface area contributed by atoms with E-state index in [0.717, 1.165) is 43.8 Å². The minimum absolute atomic E-state index is 0.0612. The van der Waals surface area contributed by atoms with Crippen LogP contribution in [-0.4, -0.2) is 56.2 Å². The molecule has 2 aliphatic rings. The second-order valence-corrected chi connectivity index (χ2v) is 8.42. The summed E-state index contributed by atoms with van der Waals surface area (Å²) in [7, 11) is 0. The van der Waals surface area contributed by atoms with E-state index in [9.17, 15) is 4.79 Å². The van der Waals surface area contributed by atoms with Crippen molar-refractivity contribution in [3.8, 4) is 17.4 Å². The lowest BCUT2D eigenvalue weighted by molar-refractivity contribution is 0.0940. The Bertz CT molecular complexity index is 1080. The summed E-state index contributed by atoms with van der Waals surface area (Å²) in [5.41, 5.74) is 2.23. The van der Waals surface area contributed by atoms with Gasteiger partial charge in [-0.3, -0.25) is 9.69 Å². The van der Waals surface area contributed by atoms with Crippen LogP contribution >= 0.6 is 0 Å². The Morgan fingerprint density at radius 2 is 2.13 bits per heavy atom. The largest absolute Gasteiger partial charge is 0.460 e. The van der Waals surface area contributed by atoms with Crippen molar-refractivity contribution in [2.24, 2.45) is 0 Å². The Balaban J connectivity index is 1.40. The maximum absolute atomic E-state index is 13.0. The van der Waals surface area contributed by atoms with Gasteiger partial charge in [0.15, 0.2) is 5.76 Å². The van der Waals surface area contributed by atoms with Crippen molar-refractivity contribution < 1.29 is 9.21 Å². The molecule has 8 nitrogen and oxygen atoms in total. The molecule has 0 bridgehead atoms. The molecule has 3 aromatic heterocycles. The van der Waals surface area contributed by atoms with Crippen LogP contribution in [0.4, 0.5) is 0 Å². The van der Waals surface area contributed by atoms with E-state index in [4.69, 9.17) is 4.42 Å². The molecule has 0 spiro atoms. The first-order valence-electron chi connectivity index (χ1n) is 11.1. The van der Waals surface area contributed by atoms with Gasteiger partial charge >= 0.3 is 0 Å². The predicted molar refractivity (Wildman–Crippen MR) is 116 cm³/mol. The van der Waals surface area contributed by atoms with Crippen LogP contribution in [0.3, 0.4) is 0 Å². The molecule has 162 valence electrons. The van der Waals surface area contributed by atoms with Crippen LogP contribution in [0.2, 0.25) is 0 Å². The van der Waals surface area contributed by atoms with Gasteiger partial charge in [-0.1, -0.05) is 6.92 Å². The van der Waals surface area contributed by atoms with Crippen molar-refractivity contribution in [2.75, 3.05) is 19.6 Å². The lowest BCUT2D eigenvalue weighted by atomic mass is 10.1. The highest BCUT2D eigenvalue weighted by atomic mass is 16.3. The third-order valence-corrected chi connectivity index (χ3v) is 6.24. The van der Waals surface area contributed by atoms with Crippen molar-refractivity contribution >= 4 is 5.91 Å². The maximum atomic E-state index is 13.0. The van der Waals surface area contributed by atoms with Crippen molar-refractivity contribution in [3.63, 3.8) is 0 Å². The maximum Gasteiger partial charge on any atom is 0.254 e. The fourth-order valence-corrected chi connectivity index (χ4v) is 4.45. The molecule has 1 aliphatic heterocycles. The molecule has 1 atom stereocenters. The van der Waals surface area contributed by atoms with Gasteiger partial charge in [0.05, 0.1) is 17.5 Å². The summed E-state index contributed by atoms with van der Waals surface area (Å²) in [6, 6.07) is 6.04. The van der Waals surface area contributed by atoms with E-state index in [2.05, 4.69) is 32.2 Å². The van der Waals surface area contributed by atoms with Gasteiger partial charge < -0.3 is 9.73 Å². The third kappa shape index (κ3) is 3.99. The van der Waals surface area contributed by atoms with Crippen LogP contribution in [-0.2, 0) is 0 Å². The monoisotopic (exact) mass is 420 g/mol. The van der Waals surface area contributed by atoms with Gasteiger partial charge in [0.25, 0.3) is 11.9 Å². The van der Waals surface area contributed by atoms with Crippen molar-refractivity contribution in [2.45, 2.75) is 51.5 Å². The molecule has 2 fully saturated rings. The molecule has 31 heavy (non-hydrogen) atoms. The van der Waals surface area contributed by atoms with Gasteiger partial charge in [0.1, 0.15) is 11.5 Å². The Kier molecular flexibility index (Phi) is 5.31. The van der Waals surface area contributed by atoms with Crippen molar-refractivity contribution in [3.05, 3.63) is 47.6 Å². The minimum Gasteiger partial charge on any atom is -0.460 e. The topological polar surface area (TPSA) is 89.1 Å². The second-order valence-electron chi connectivity index (χ2n) is 8.42. The van der Waals surface area contributed by atoms with E-state index in [0.29, 0.717) is 41.5 Å². The first kappa shape index (κ1) is 19.9. The molecule has 8 heteroatoms. The Hall–Kier alpha value is -3.00. The molecule has 3 aromatic rings. The number of rotatable bonds is 7. The highest BCUT2D eigenvalue weighted by molar-refractivity contribution is 5.95. The molecular weight excluding hydrogens is 392 g/mol. The lowest BCUT2D eigenvalue weighted by Gasteiger charge is -2.22.